The molecule has 0 spiro atoms. The molecule has 0 aromatic heterocycles. The van der Waals surface area contributed by atoms with Gasteiger partial charge in [-0.2, -0.15) is 0 Å². The third-order valence-electron chi connectivity index (χ3n) is 2.22. The summed E-state index contributed by atoms with van der Waals surface area (Å²) in [6, 6.07) is 6.07. The number of halogens is 2. The van der Waals surface area contributed by atoms with Gasteiger partial charge in [0.15, 0.2) is 6.29 Å². The van der Waals surface area contributed by atoms with E-state index in [1.54, 1.807) is 14.2 Å². The maximum Gasteiger partial charge on any atom is 0.183 e. The molecule has 0 saturated heterocycles. The first-order chi connectivity index (χ1) is 7.10. The van der Waals surface area contributed by atoms with Gasteiger partial charge in [0.1, 0.15) is 0 Å². The fourth-order valence-corrected chi connectivity index (χ4v) is 2.03. The summed E-state index contributed by atoms with van der Waals surface area (Å²) in [5.74, 6) is 0. The highest BCUT2D eigenvalue weighted by Gasteiger charge is 2.16. The molecule has 0 fully saturated rings. The van der Waals surface area contributed by atoms with Crippen LogP contribution in [0.25, 0.3) is 0 Å². The van der Waals surface area contributed by atoms with Crippen LogP contribution in [-0.2, 0) is 9.47 Å². The first-order valence-corrected chi connectivity index (χ1v) is 5.78. The van der Waals surface area contributed by atoms with Gasteiger partial charge in [0, 0.05) is 29.4 Å². The van der Waals surface area contributed by atoms with Crippen molar-refractivity contribution >= 4 is 35.0 Å². The van der Waals surface area contributed by atoms with Crippen molar-refractivity contribution in [3.05, 3.63) is 32.9 Å². The van der Waals surface area contributed by atoms with Crippen LogP contribution in [0.5, 0.6) is 0 Å². The Morgan fingerprint density at radius 1 is 1.19 bits per heavy atom. The van der Waals surface area contributed by atoms with Crippen LogP contribution in [-0.4, -0.2) is 14.2 Å². The van der Waals surface area contributed by atoms with Crippen LogP contribution in [0.3, 0.4) is 0 Å². The molecule has 0 bridgehead atoms. The van der Waals surface area contributed by atoms with Crippen molar-refractivity contribution in [2.75, 3.05) is 14.2 Å². The molecule has 5 heteroatoms. The molecule has 2 N–H and O–H groups in total. The molecule has 0 heterocycles. The van der Waals surface area contributed by atoms with E-state index in [1.807, 2.05) is 25.1 Å². The first-order valence-electron chi connectivity index (χ1n) is 4.70. The Morgan fingerprint density at radius 2 is 1.75 bits per heavy atom. The zero-order valence-corrected chi connectivity index (χ0v) is 12.5. The summed E-state index contributed by atoms with van der Waals surface area (Å²) in [4.78, 5) is 0. The summed E-state index contributed by atoms with van der Waals surface area (Å²) >= 11 is 2.26. The molecule has 92 valence electrons. The fourth-order valence-electron chi connectivity index (χ4n) is 1.51. The highest BCUT2D eigenvalue weighted by molar-refractivity contribution is 14.1. The van der Waals surface area contributed by atoms with Crippen LogP contribution in [0, 0.1) is 3.57 Å². The van der Waals surface area contributed by atoms with Crippen molar-refractivity contribution in [1.29, 1.82) is 0 Å². The second kappa shape index (κ2) is 7.45. The first kappa shape index (κ1) is 16.1. The topological polar surface area (TPSA) is 44.5 Å². The van der Waals surface area contributed by atoms with Crippen LogP contribution in [0.2, 0.25) is 0 Å². The molecule has 0 saturated carbocycles. The smallest absolute Gasteiger partial charge is 0.183 e. The van der Waals surface area contributed by atoms with Crippen molar-refractivity contribution in [3.63, 3.8) is 0 Å². The molecule has 1 unspecified atom stereocenters. The highest BCUT2D eigenvalue weighted by atomic mass is 127. The van der Waals surface area contributed by atoms with E-state index in [4.69, 9.17) is 15.2 Å². The average Bonchev–Trinajstić information content (AvgIpc) is 2.19. The summed E-state index contributed by atoms with van der Waals surface area (Å²) in [7, 11) is 3.25. The van der Waals surface area contributed by atoms with Crippen molar-refractivity contribution in [2.45, 2.75) is 19.3 Å². The number of hydrogen-bond acceptors (Lipinski definition) is 3. The average molecular weight is 358 g/mol. The van der Waals surface area contributed by atoms with Gasteiger partial charge < -0.3 is 15.2 Å². The number of benzene rings is 1. The van der Waals surface area contributed by atoms with E-state index >= 15 is 0 Å². The minimum atomic E-state index is -0.347. The van der Waals surface area contributed by atoms with E-state index in [0.717, 1.165) is 14.7 Å². The van der Waals surface area contributed by atoms with Gasteiger partial charge in [-0.05, 0) is 47.2 Å². The number of nitrogens with two attached hydrogens (primary N) is 1. The van der Waals surface area contributed by atoms with E-state index in [2.05, 4.69) is 22.6 Å². The van der Waals surface area contributed by atoms with E-state index in [1.165, 1.54) is 0 Å². The quantitative estimate of drug-likeness (QED) is 0.665. The zero-order chi connectivity index (χ0) is 11.4. The molecule has 0 aliphatic carbocycles. The molecule has 3 nitrogen and oxygen atoms in total. The van der Waals surface area contributed by atoms with Gasteiger partial charge >= 0.3 is 0 Å². The fraction of sp³-hybridized carbons (Fsp3) is 0.455. The number of hydrogen-bond donors (Lipinski definition) is 1. The van der Waals surface area contributed by atoms with Crippen molar-refractivity contribution in [2.24, 2.45) is 5.73 Å². The lowest BCUT2D eigenvalue weighted by Gasteiger charge is -2.19. The molecular formula is C11H17ClINO2. The zero-order valence-electron chi connectivity index (χ0n) is 9.57. The standard InChI is InChI=1S/C11H16INO2.ClH/c1-7(13)9-5-4-8(12)6-10(9)11(14-2)15-3;/h4-7,11H,13H2,1-3H3;1H. The van der Waals surface area contributed by atoms with Crippen molar-refractivity contribution < 1.29 is 9.47 Å². The summed E-state index contributed by atoms with van der Waals surface area (Å²) in [6.45, 7) is 1.95. The van der Waals surface area contributed by atoms with Gasteiger partial charge in [-0.15, -0.1) is 12.4 Å². The Labute approximate surface area is 116 Å². The molecule has 0 amide bonds. The van der Waals surface area contributed by atoms with E-state index in [9.17, 15) is 0 Å². The Bertz CT molecular complexity index is 330. The maximum absolute atomic E-state index is 5.90. The predicted molar refractivity (Wildman–Crippen MR) is 75.8 cm³/mol. The molecule has 0 radical (unpaired) electrons. The van der Waals surface area contributed by atoms with Gasteiger partial charge in [-0.25, -0.2) is 0 Å². The van der Waals surface area contributed by atoms with Crippen molar-refractivity contribution in [1.82, 2.24) is 0 Å². The van der Waals surface area contributed by atoms with Crippen LogP contribution in [0.15, 0.2) is 18.2 Å². The van der Waals surface area contributed by atoms with E-state index in [0.29, 0.717) is 0 Å². The molecular weight excluding hydrogens is 340 g/mol. The lowest BCUT2D eigenvalue weighted by molar-refractivity contribution is -0.106. The summed E-state index contributed by atoms with van der Waals surface area (Å²) < 4.78 is 11.6. The van der Waals surface area contributed by atoms with Crippen LogP contribution in [0.1, 0.15) is 30.4 Å². The Hall–Kier alpha value is 0.120. The minimum Gasteiger partial charge on any atom is -0.352 e. The van der Waals surface area contributed by atoms with Crippen LogP contribution >= 0.6 is 35.0 Å². The SMILES string of the molecule is COC(OC)c1cc(I)ccc1C(C)N.Cl. The Morgan fingerprint density at radius 3 is 2.19 bits per heavy atom. The largest absolute Gasteiger partial charge is 0.352 e. The molecule has 0 aliphatic heterocycles. The molecule has 1 atom stereocenters. The third-order valence-corrected chi connectivity index (χ3v) is 2.89. The minimum absolute atomic E-state index is 0. The van der Waals surface area contributed by atoms with E-state index < -0.39 is 0 Å². The number of rotatable bonds is 4. The molecule has 1 rings (SSSR count). The summed E-state index contributed by atoms with van der Waals surface area (Å²) in [5.41, 5.74) is 7.96. The lowest BCUT2D eigenvalue weighted by Crippen LogP contribution is -2.13. The van der Waals surface area contributed by atoms with Crippen LogP contribution < -0.4 is 5.73 Å². The lowest BCUT2D eigenvalue weighted by atomic mass is 10.0. The molecule has 0 aliphatic rings. The Balaban J connectivity index is 0.00000225. The molecule has 16 heavy (non-hydrogen) atoms. The normalized spacial score (nSPS) is 12.4. The van der Waals surface area contributed by atoms with Gasteiger partial charge in [0.05, 0.1) is 0 Å². The maximum atomic E-state index is 5.90. The second-order valence-corrected chi connectivity index (χ2v) is 4.61. The summed E-state index contributed by atoms with van der Waals surface area (Å²) in [6.07, 6.45) is -0.347. The van der Waals surface area contributed by atoms with Gasteiger partial charge in [-0.3, -0.25) is 0 Å². The Kier molecular flexibility index (Phi) is 7.50. The number of methoxy groups -OCH3 is 2. The van der Waals surface area contributed by atoms with Crippen molar-refractivity contribution in [3.8, 4) is 0 Å². The third kappa shape index (κ3) is 3.85. The second-order valence-electron chi connectivity index (χ2n) is 3.37. The van der Waals surface area contributed by atoms with Gasteiger partial charge in [0.25, 0.3) is 0 Å². The molecule has 1 aromatic carbocycles. The van der Waals surface area contributed by atoms with Gasteiger partial charge in [-0.1, -0.05) is 6.07 Å². The number of ether oxygens (including phenoxy) is 2. The van der Waals surface area contributed by atoms with Crippen LogP contribution in [0.4, 0.5) is 0 Å². The monoisotopic (exact) mass is 357 g/mol. The predicted octanol–water partition coefficient (Wildman–Crippen LogP) is 3.02. The summed E-state index contributed by atoms with van der Waals surface area (Å²) in [5, 5.41) is 0. The van der Waals surface area contributed by atoms with E-state index in [-0.39, 0.29) is 24.7 Å². The molecule has 1 aromatic rings. The van der Waals surface area contributed by atoms with Gasteiger partial charge in [0.2, 0.25) is 0 Å². The highest BCUT2D eigenvalue weighted by Crippen LogP contribution is 2.27.